The maximum absolute atomic E-state index is 12.6. The van der Waals surface area contributed by atoms with Gasteiger partial charge in [0.2, 0.25) is 0 Å². The molecule has 1 saturated heterocycles. The zero-order valence-electron chi connectivity index (χ0n) is 15.6. The highest BCUT2D eigenvalue weighted by atomic mass is 32.1. The van der Waals surface area contributed by atoms with Gasteiger partial charge < -0.3 is 20.6 Å². The first kappa shape index (κ1) is 18.7. The largest absolute Gasteiger partial charge is 0.481 e. The van der Waals surface area contributed by atoms with Crippen molar-refractivity contribution < 1.29 is 14.7 Å². The van der Waals surface area contributed by atoms with Gasteiger partial charge in [0.15, 0.2) is 0 Å². The molecule has 1 saturated carbocycles. The second-order valence-corrected chi connectivity index (χ2v) is 9.06. The summed E-state index contributed by atoms with van der Waals surface area (Å²) in [5.74, 6) is -0.481. The topological polar surface area (TPSA) is 94.6 Å². The van der Waals surface area contributed by atoms with Gasteiger partial charge in [-0.1, -0.05) is 0 Å². The minimum absolute atomic E-state index is 0.00913. The molecule has 0 atom stereocenters. The number of rotatable bonds is 3. The molecule has 27 heavy (non-hydrogen) atoms. The van der Waals surface area contributed by atoms with Crippen LogP contribution in [0.1, 0.15) is 60.0 Å². The van der Waals surface area contributed by atoms with Crippen LogP contribution >= 0.6 is 11.3 Å². The smallest absolute Gasteiger partial charge is 0.317 e. The number of carbonyl (C=O) groups excluding carboxylic acids is 1. The molecular weight excluding hydrogens is 364 g/mol. The lowest BCUT2D eigenvalue weighted by molar-refractivity contribution is -0.142. The van der Waals surface area contributed by atoms with Crippen LogP contribution in [0, 0.1) is 5.92 Å². The number of nitrogens with one attached hydrogen (secondary N) is 2. The van der Waals surface area contributed by atoms with Gasteiger partial charge in [-0.25, -0.2) is 9.78 Å². The van der Waals surface area contributed by atoms with Gasteiger partial charge >= 0.3 is 12.0 Å². The van der Waals surface area contributed by atoms with Gasteiger partial charge in [-0.15, -0.1) is 11.3 Å². The number of hydrogen-bond donors (Lipinski definition) is 3. The number of hydrogen-bond acceptors (Lipinski definition) is 5. The quantitative estimate of drug-likeness (QED) is 0.734. The average molecular weight is 393 g/mol. The van der Waals surface area contributed by atoms with Crippen LogP contribution in [0.15, 0.2) is 0 Å². The lowest BCUT2D eigenvalue weighted by Crippen LogP contribution is -2.48. The molecule has 8 heteroatoms. The molecule has 2 fully saturated rings. The third-order valence-corrected chi connectivity index (χ3v) is 7.41. The zero-order chi connectivity index (χ0) is 18.8. The Morgan fingerprint density at radius 3 is 2.56 bits per heavy atom. The lowest BCUT2D eigenvalue weighted by Gasteiger charge is -2.34. The van der Waals surface area contributed by atoms with Gasteiger partial charge in [0, 0.05) is 49.4 Å². The number of urea groups is 1. The van der Waals surface area contributed by atoms with E-state index in [0.717, 1.165) is 58.3 Å². The Labute approximate surface area is 163 Å². The van der Waals surface area contributed by atoms with Gasteiger partial charge in [-0.05, 0) is 38.5 Å². The number of fused-ring (bicyclic) bond motifs is 1. The van der Waals surface area contributed by atoms with Crippen LogP contribution in [0.4, 0.5) is 4.79 Å². The first-order valence-corrected chi connectivity index (χ1v) is 10.9. The van der Waals surface area contributed by atoms with E-state index < -0.39 is 5.97 Å². The Morgan fingerprint density at radius 2 is 1.89 bits per heavy atom. The fraction of sp³-hybridized carbons (Fsp3) is 0.737. The number of amides is 2. The summed E-state index contributed by atoms with van der Waals surface area (Å²) in [5, 5.41) is 16.8. The summed E-state index contributed by atoms with van der Waals surface area (Å²) in [6, 6.07) is 0.124. The maximum atomic E-state index is 12.6. The molecule has 0 aromatic carbocycles. The van der Waals surface area contributed by atoms with E-state index in [4.69, 9.17) is 10.1 Å². The highest BCUT2D eigenvalue weighted by molar-refractivity contribution is 7.11. The van der Waals surface area contributed by atoms with Crippen LogP contribution in [0.3, 0.4) is 0 Å². The minimum Gasteiger partial charge on any atom is -0.481 e. The van der Waals surface area contributed by atoms with E-state index >= 15 is 0 Å². The molecule has 2 aliphatic heterocycles. The number of carbonyl (C=O) groups is 2. The third-order valence-electron chi connectivity index (χ3n) is 6.15. The molecule has 3 aliphatic rings. The summed E-state index contributed by atoms with van der Waals surface area (Å²) < 4.78 is 0. The Balaban J connectivity index is 1.25. The van der Waals surface area contributed by atoms with Crippen molar-refractivity contribution in [2.75, 3.05) is 19.6 Å². The van der Waals surface area contributed by atoms with Gasteiger partial charge in [-0.2, -0.15) is 0 Å². The van der Waals surface area contributed by atoms with Crippen molar-refractivity contribution in [3.63, 3.8) is 0 Å². The molecular formula is C19H28N4O3S. The van der Waals surface area contributed by atoms with Crippen molar-refractivity contribution in [3.8, 4) is 0 Å². The second-order valence-electron chi connectivity index (χ2n) is 7.95. The van der Waals surface area contributed by atoms with Gasteiger partial charge in [-0.3, -0.25) is 4.79 Å². The van der Waals surface area contributed by atoms with Crippen molar-refractivity contribution in [2.24, 2.45) is 5.92 Å². The normalized spacial score (nSPS) is 26.4. The first-order chi connectivity index (χ1) is 13.1. The lowest BCUT2D eigenvalue weighted by atomic mass is 9.86. The number of carboxylic acid groups (broad SMARTS) is 1. The second kappa shape index (κ2) is 8.14. The molecule has 7 nitrogen and oxygen atoms in total. The van der Waals surface area contributed by atoms with E-state index in [1.165, 1.54) is 15.6 Å². The van der Waals surface area contributed by atoms with E-state index in [2.05, 4.69) is 10.6 Å². The molecule has 2 amide bonds. The Hall–Kier alpha value is -1.67. The van der Waals surface area contributed by atoms with Gasteiger partial charge in [0.1, 0.15) is 0 Å². The zero-order valence-corrected chi connectivity index (χ0v) is 16.4. The van der Waals surface area contributed by atoms with Crippen molar-refractivity contribution >= 4 is 23.3 Å². The number of likely N-dealkylation sites (tertiary alicyclic amines) is 1. The van der Waals surface area contributed by atoms with E-state index in [1.54, 1.807) is 0 Å². The van der Waals surface area contributed by atoms with Crippen LogP contribution in [-0.4, -0.2) is 52.7 Å². The first-order valence-electron chi connectivity index (χ1n) is 10.1. The van der Waals surface area contributed by atoms with E-state index in [1.807, 2.05) is 16.2 Å². The summed E-state index contributed by atoms with van der Waals surface area (Å²) in [4.78, 5) is 31.8. The molecule has 0 bridgehead atoms. The number of aromatic nitrogens is 1. The molecule has 3 N–H and O–H groups in total. The number of aliphatic carboxylic acids is 1. The highest BCUT2D eigenvalue weighted by Gasteiger charge is 2.30. The van der Waals surface area contributed by atoms with Crippen molar-refractivity contribution in [3.05, 3.63) is 15.6 Å². The molecule has 148 valence electrons. The molecule has 1 aromatic heterocycles. The summed E-state index contributed by atoms with van der Waals surface area (Å²) in [6.07, 6.45) is 5.81. The Bertz CT molecular complexity index is 668. The number of carboxylic acids is 1. The Kier molecular flexibility index (Phi) is 5.63. The van der Waals surface area contributed by atoms with E-state index in [9.17, 15) is 9.59 Å². The van der Waals surface area contributed by atoms with Gasteiger partial charge in [0.05, 0.1) is 16.6 Å². The average Bonchev–Trinajstić information content (AvgIpc) is 3.13. The minimum atomic E-state index is -0.707. The molecule has 1 aliphatic carbocycles. The number of nitrogens with zero attached hydrogens (tertiary/aromatic N) is 2. The van der Waals surface area contributed by atoms with E-state index in [0.29, 0.717) is 18.8 Å². The predicted molar refractivity (Wildman–Crippen MR) is 103 cm³/mol. The maximum Gasteiger partial charge on any atom is 0.317 e. The van der Waals surface area contributed by atoms with Crippen molar-refractivity contribution in [1.29, 1.82) is 0 Å². The standard InChI is InChI=1S/C19H28N4O3S/c24-18(25)13-1-3-14(4-2-13)21-19(26)23-9-6-12(7-10-23)17-22-15-5-8-20-11-16(15)27-17/h12-14,20H,1-11H2,(H,21,26)(H,24,25). The molecule has 0 unspecified atom stereocenters. The van der Waals surface area contributed by atoms with Crippen molar-refractivity contribution in [1.82, 2.24) is 20.5 Å². The molecule has 0 radical (unpaired) electrons. The molecule has 3 heterocycles. The fourth-order valence-electron chi connectivity index (χ4n) is 4.40. The van der Waals surface area contributed by atoms with Crippen LogP contribution in [-0.2, 0) is 17.8 Å². The molecule has 4 rings (SSSR count). The van der Waals surface area contributed by atoms with Crippen LogP contribution in [0.25, 0.3) is 0 Å². The van der Waals surface area contributed by atoms with Crippen LogP contribution < -0.4 is 10.6 Å². The summed E-state index contributed by atoms with van der Waals surface area (Å²) in [5.41, 5.74) is 1.27. The van der Waals surface area contributed by atoms with Crippen LogP contribution in [0.5, 0.6) is 0 Å². The van der Waals surface area contributed by atoms with Crippen molar-refractivity contribution in [2.45, 2.75) is 63.5 Å². The summed E-state index contributed by atoms with van der Waals surface area (Å²) in [7, 11) is 0. The van der Waals surface area contributed by atoms with E-state index in [-0.39, 0.29) is 18.0 Å². The fourth-order valence-corrected chi connectivity index (χ4v) is 5.65. The van der Waals surface area contributed by atoms with Crippen LogP contribution in [0.2, 0.25) is 0 Å². The SMILES string of the molecule is O=C(O)C1CCC(NC(=O)N2CCC(c3nc4c(s3)CNCC4)CC2)CC1. The highest BCUT2D eigenvalue weighted by Crippen LogP contribution is 2.33. The Morgan fingerprint density at radius 1 is 1.15 bits per heavy atom. The predicted octanol–water partition coefficient (Wildman–Crippen LogP) is 2.32. The monoisotopic (exact) mass is 392 g/mol. The third kappa shape index (κ3) is 4.27. The molecule has 0 spiro atoms. The van der Waals surface area contributed by atoms with Gasteiger partial charge in [0.25, 0.3) is 0 Å². The number of thiazole rings is 1. The number of piperidine rings is 1. The summed E-state index contributed by atoms with van der Waals surface area (Å²) in [6.45, 7) is 3.49. The summed E-state index contributed by atoms with van der Waals surface area (Å²) >= 11 is 1.84. The molecule has 1 aromatic rings.